The Bertz CT molecular complexity index is 1090. The van der Waals surface area contributed by atoms with Crippen molar-refractivity contribution >= 4 is 33.1 Å². The van der Waals surface area contributed by atoms with Gasteiger partial charge in [-0.15, -0.1) is 11.3 Å². The van der Waals surface area contributed by atoms with Crippen LogP contribution in [0.15, 0.2) is 78.9 Å². The Morgan fingerprint density at radius 2 is 1.69 bits per heavy atom. The van der Waals surface area contributed by atoms with Crippen LogP contribution in [0.2, 0.25) is 0 Å². The number of hydrogen-bond donors (Lipinski definition) is 1. The highest BCUT2D eigenvalue weighted by Crippen LogP contribution is 2.30. The largest absolute Gasteiger partial charge is 0.324 e. The summed E-state index contributed by atoms with van der Waals surface area (Å²) in [5, 5.41) is 4.09. The Kier molecular flexibility index (Phi) is 5.69. The summed E-state index contributed by atoms with van der Waals surface area (Å²) in [5.74, 6) is -0.0381. The van der Waals surface area contributed by atoms with Crippen LogP contribution < -0.4 is 5.32 Å². The van der Waals surface area contributed by atoms with Crippen LogP contribution in [0, 0.1) is 0 Å². The molecular formula is C24H23N3OS. The first-order valence-electron chi connectivity index (χ1n) is 9.62. The number of rotatable bonds is 6. The first kappa shape index (κ1) is 19.3. The van der Waals surface area contributed by atoms with Crippen molar-refractivity contribution in [3.8, 4) is 11.1 Å². The van der Waals surface area contributed by atoms with Gasteiger partial charge in [0.05, 0.1) is 22.8 Å². The molecule has 3 aromatic carbocycles. The highest BCUT2D eigenvalue weighted by molar-refractivity contribution is 7.18. The van der Waals surface area contributed by atoms with Gasteiger partial charge in [0, 0.05) is 11.3 Å². The van der Waals surface area contributed by atoms with Crippen LogP contribution in [0.4, 0.5) is 5.69 Å². The van der Waals surface area contributed by atoms with Crippen molar-refractivity contribution in [3.05, 3.63) is 83.9 Å². The van der Waals surface area contributed by atoms with Gasteiger partial charge < -0.3 is 5.32 Å². The van der Waals surface area contributed by atoms with E-state index in [1.54, 1.807) is 11.3 Å². The number of carbonyl (C=O) groups excluding carboxylic acids is 1. The van der Waals surface area contributed by atoms with Gasteiger partial charge in [-0.3, -0.25) is 9.69 Å². The van der Waals surface area contributed by atoms with Gasteiger partial charge in [-0.25, -0.2) is 4.98 Å². The van der Waals surface area contributed by atoms with Crippen molar-refractivity contribution in [2.75, 3.05) is 18.9 Å². The molecule has 0 aliphatic rings. The maximum absolute atomic E-state index is 12.7. The average Bonchev–Trinajstić information content (AvgIpc) is 3.18. The van der Waals surface area contributed by atoms with Gasteiger partial charge in [-0.2, -0.15) is 0 Å². The highest BCUT2D eigenvalue weighted by Gasteiger charge is 2.19. The second kappa shape index (κ2) is 8.55. The van der Waals surface area contributed by atoms with Gasteiger partial charge >= 0.3 is 0 Å². The van der Waals surface area contributed by atoms with E-state index in [9.17, 15) is 4.79 Å². The van der Waals surface area contributed by atoms with Crippen molar-refractivity contribution < 1.29 is 4.79 Å². The van der Waals surface area contributed by atoms with Gasteiger partial charge in [0.25, 0.3) is 0 Å². The monoisotopic (exact) mass is 401 g/mol. The normalized spacial score (nSPS) is 12.2. The number of likely N-dealkylation sites (N-methyl/N-ethyl adjacent to an activating group) is 1. The van der Waals surface area contributed by atoms with E-state index in [1.165, 1.54) is 4.70 Å². The van der Waals surface area contributed by atoms with Crippen molar-refractivity contribution in [2.24, 2.45) is 0 Å². The molecule has 5 heteroatoms. The number of benzene rings is 3. The summed E-state index contributed by atoms with van der Waals surface area (Å²) in [6.07, 6.45) is 0. The van der Waals surface area contributed by atoms with Crippen LogP contribution in [0.3, 0.4) is 0 Å². The number of para-hydroxylation sites is 2. The minimum absolute atomic E-state index is 0.0381. The third-order valence-electron chi connectivity index (χ3n) is 5.01. The molecule has 0 fully saturated rings. The lowest BCUT2D eigenvalue weighted by Gasteiger charge is -2.22. The molecule has 4 nitrogen and oxygen atoms in total. The summed E-state index contributed by atoms with van der Waals surface area (Å²) < 4.78 is 1.17. The quantitative estimate of drug-likeness (QED) is 0.458. The van der Waals surface area contributed by atoms with Gasteiger partial charge in [0.2, 0.25) is 5.91 Å². The fraction of sp³-hybridized carbons (Fsp3) is 0.167. The average molecular weight is 402 g/mol. The van der Waals surface area contributed by atoms with Crippen molar-refractivity contribution in [1.29, 1.82) is 0 Å². The van der Waals surface area contributed by atoms with E-state index >= 15 is 0 Å². The van der Waals surface area contributed by atoms with E-state index in [2.05, 4.69) is 18.3 Å². The lowest BCUT2D eigenvalue weighted by molar-refractivity contribution is -0.117. The molecule has 1 amide bonds. The van der Waals surface area contributed by atoms with E-state index in [4.69, 9.17) is 4.98 Å². The van der Waals surface area contributed by atoms with E-state index in [1.807, 2.05) is 84.7 Å². The Labute approximate surface area is 174 Å². The second-order valence-corrected chi connectivity index (χ2v) is 8.13. The van der Waals surface area contributed by atoms with E-state index in [0.717, 1.165) is 27.3 Å². The maximum atomic E-state index is 12.7. The zero-order valence-corrected chi connectivity index (χ0v) is 17.3. The molecular weight excluding hydrogens is 378 g/mol. The first-order chi connectivity index (χ1) is 14.1. The number of anilines is 1. The van der Waals surface area contributed by atoms with Gasteiger partial charge in [0.1, 0.15) is 5.01 Å². The molecule has 0 radical (unpaired) electrons. The number of aromatic nitrogens is 1. The van der Waals surface area contributed by atoms with E-state index in [-0.39, 0.29) is 11.9 Å². The molecule has 0 bridgehead atoms. The number of amides is 1. The van der Waals surface area contributed by atoms with Crippen LogP contribution in [-0.4, -0.2) is 29.4 Å². The van der Waals surface area contributed by atoms with Crippen LogP contribution in [-0.2, 0) is 4.79 Å². The van der Waals surface area contributed by atoms with Crippen molar-refractivity contribution in [1.82, 2.24) is 9.88 Å². The summed E-state index contributed by atoms with van der Waals surface area (Å²) in [5.41, 5.74) is 3.93. The molecule has 0 saturated carbocycles. The number of hydrogen-bond acceptors (Lipinski definition) is 4. The van der Waals surface area contributed by atoms with Gasteiger partial charge in [-0.1, -0.05) is 60.7 Å². The molecule has 4 aromatic rings. The molecule has 1 aromatic heterocycles. The van der Waals surface area contributed by atoms with Crippen LogP contribution in [0.25, 0.3) is 21.3 Å². The van der Waals surface area contributed by atoms with Crippen LogP contribution in [0.1, 0.15) is 18.0 Å². The smallest absolute Gasteiger partial charge is 0.238 e. The van der Waals surface area contributed by atoms with E-state index < -0.39 is 0 Å². The van der Waals surface area contributed by atoms with Crippen molar-refractivity contribution in [2.45, 2.75) is 13.0 Å². The summed E-state index contributed by atoms with van der Waals surface area (Å²) in [6.45, 7) is 2.38. The van der Waals surface area contributed by atoms with Gasteiger partial charge in [-0.05, 0) is 37.7 Å². The second-order valence-electron chi connectivity index (χ2n) is 7.07. The SMILES string of the molecule is C[C@H](c1nc2ccccc2s1)N(C)CC(=O)Nc1ccccc1-c1ccccc1. The Morgan fingerprint density at radius 1 is 1.00 bits per heavy atom. The lowest BCUT2D eigenvalue weighted by atomic mass is 10.0. The maximum Gasteiger partial charge on any atom is 0.238 e. The summed E-state index contributed by atoms with van der Waals surface area (Å²) >= 11 is 1.68. The fourth-order valence-electron chi connectivity index (χ4n) is 3.27. The topological polar surface area (TPSA) is 45.2 Å². The molecule has 29 heavy (non-hydrogen) atoms. The highest BCUT2D eigenvalue weighted by atomic mass is 32.1. The van der Waals surface area contributed by atoms with Gasteiger partial charge in [0.15, 0.2) is 0 Å². The van der Waals surface area contributed by atoms with E-state index in [0.29, 0.717) is 6.54 Å². The number of nitrogens with one attached hydrogen (secondary N) is 1. The molecule has 0 saturated heterocycles. The summed E-state index contributed by atoms with van der Waals surface area (Å²) in [7, 11) is 1.96. The molecule has 0 aliphatic heterocycles. The molecule has 4 rings (SSSR count). The standard InChI is InChI=1S/C24H23N3OS/c1-17(24-26-21-14-8-9-15-22(21)29-24)27(2)16-23(28)25-20-13-7-6-12-19(20)18-10-4-3-5-11-18/h3-15,17H,16H2,1-2H3,(H,25,28)/t17-/m1/s1. The molecule has 0 aliphatic carbocycles. The van der Waals surface area contributed by atoms with Crippen molar-refractivity contribution in [3.63, 3.8) is 0 Å². The van der Waals surface area contributed by atoms with Crippen LogP contribution >= 0.6 is 11.3 Å². The number of fused-ring (bicyclic) bond motifs is 1. The predicted octanol–water partition coefficient (Wildman–Crippen LogP) is 5.59. The molecule has 146 valence electrons. The molecule has 0 spiro atoms. The lowest BCUT2D eigenvalue weighted by Crippen LogP contribution is -2.32. The third-order valence-corrected chi connectivity index (χ3v) is 6.21. The summed E-state index contributed by atoms with van der Waals surface area (Å²) in [4.78, 5) is 19.5. The Hall–Kier alpha value is -3.02. The summed E-state index contributed by atoms with van der Waals surface area (Å²) in [6, 6.07) is 26.2. The molecule has 1 atom stereocenters. The molecule has 1 heterocycles. The minimum Gasteiger partial charge on any atom is -0.324 e. The number of carbonyl (C=O) groups is 1. The Morgan fingerprint density at radius 3 is 2.48 bits per heavy atom. The molecule has 0 unspecified atom stereocenters. The third kappa shape index (κ3) is 4.36. The van der Waals surface area contributed by atoms with Crippen LogP contribution in [0.5, 0.6) is 0 Å². The fourth-order valence-corrected chi connectivity index (χ4v) is 4.36. The predicted molar refractivity (Wildman–Crippen MR) is 121 cm³/mol. The first-order valence-corrected chi connectivity index (χ1v) is 10.4. The number of nitrogens with zero attached hydrogens (tertiary/aromatic N) is 2. The molecule has 1 N–H and O–H groups in total. The minimum atomic E-state index is -0.0381. The zero-order chi connectivity index (χ0) is 20.2. The Balaban J connectivity index is 1.46. The zero-order valence-electron chi connectivity index (χ0n) is 16.5. The number of thiazole rings is 1.